The third kappa shape index (κ3) is 2.76. The Bertz CT molecular complexity index is 136. The van der Waals surface area contributed by atoms with Crippen molar-refractivity contribution in [1.29, 1.82) is 0 Å². The van der Waals surface area contributed by atoms with Crippen LogP contribution in [0.4, 0.5) is 0 Å². The molecule has 1 aliphatic heterocycles. The molecule has 0 aliphatic carbocycles. The zero-order valence-electron chi connectivity index (χ0n) is 7.64. The predicted molar refractivity (Wildman–Crippen MR) is 49.4 cm³/mol. The largest absolute Gasteiger partial charge is 1.00 e. The van der Waals surface area contributed by atoms with Crippen molar-refractivity contribution in [3.05, 3.63) is 25.3 Å². The summed E-state index contributed by atoms with van der Waals surface area (Å²) >= 11 is 0. The number of quaternary nitrogens is 1. The highest BCUT2D eigenvalue weighted by Crippen LogP contribution is 2.18. The third-order valence-electron chi connectivity index (χ3n) is 2.55. The van der Waals surface area contributed by atoms with E-state index in [1.54, 1.807) is 0 Å². The molecule has 70 valence electrons. The van der Waals surface area contributed by atoms with Gasteiger partial charge in [0.15, 0.2) is 0 Å². The summed E-state index contributed by atoms with van der Waals surface area (Å²) in [5, 5.41) is 0. The fourth-order valence-corrected chi connectivity index (χ4v) is 1.99. The number of rotatable bonds is 4. The van der Waals surface area contributed by atoms with E-state index in [4.69, 9.17) is 0 Å². The van der Waals surface area contributed by atoms with E-state index in [2.05, 4.69) is 13.2 Å². The van der Waals surface area contributed by atoms with Gasteiger partial charge in [-0.3, -0.25) is 0 Å². The van der Waals surface area contributed by atoms with Crippen molar-refractivity contribution in [2.24, 2.45) is 0 Å². The van der Waals surface area contributed by atoms with Crippen LogP contribution < -0.4 is 17.0 Å². The van der Waals surface area contributed by atoms with Crippen molar-refractivity contribution < 1.29 is 21.5 Å². The van der Waals surface area contributed by atoms with Crippen molar-refractivity contribution in [3.63, 3.8) is 0 Å². The molecule has 1 fully saturated rings. The quantitative estimate of drug-likeness (QED) is 0.429. The minimum absolute atomic E-state index is 0. The minimum Gasteiger partial charge on any atom is -1.00 e. The summed E-state index contributed by atoms with van der Waals surface area (Å²) in [6.45, 7) is 12.5. The van der Waals surface area contributed by atoms with E-state index in [0.717, 1.165) is 13.1 Å². The number of hydrogen-bond acceptors (Lipinski definition) is 0. The Morgan fingerprint density at radius 3 is 1.75 bits per heavy atom. The van der Waals surface area contributed by atoms with Crippen molar-refractivity contribution >= 4 is 0 Å². The summed E-state index contributed by atoms with van der Waals surface area (Å²) in [6, 6.07) is 0. The zero-order valence-corrected chi connectivity index (χ0v) is 9.22. The second-order valence-electron chi connectivity index (χ2n) is 3.44. The summed E-state index contributed by atoms with van der Waals surface area (Å²) in [6.07, 6.45) is 6.83. The van der Waals surface area contributed by atoms with Crippen molar-refractivity contribution in [2.75, 3.05) is 26.2 Å². The fourth-order valence-electron chi connectivity index (χ4n) is 1.99. The highest BCUT2D eigenvalue weighted by molar-refractivity contribution is 4.73. The fraction of sp³-hybridized carbons (Fsp3) is 0.600. The molecule has 0 aromatic heterocycles. The SMILES string of the molecule is C=CC[N+]1(CC=C)CCCC1.[Br-]. The van der Waals surface area contributed by atoms with E-state index in [0.29, 0.717) is 0 Å². The number of likely N-dealkylation sites (tertiary alicyclic amines) is 1. The number of nitrogens with zero attached hydrogens (tertiary/aromatic N) is 1. The smallest absolute Gasteiger partial charge is 0.0973 e. The van der Waals surface area contributed by atoms with Crippen molar-refractivity contribution in [2.45, 2.75) is 12.8 Å². The van der Waals surface area contributed by atoms with Gasteiger partial charge >= 0.3 is 0 Å². The van der Waals surface area contributed by atoms with E-state index < -0.39 is 0 Å². The standard InChI is InChI=1S/C10H18N.BrH/c1-3-7-11(8-4-2)9-5-6-10-11;/h3-4H,1-2,5-10H2;1H/q+1;/p-1. The molecule has 0 aromatic rings. The van der Waals surface area contributed by atoms with Crippen LogP contribution in [0.3, 0.4) is 0 Å². The molecule has 0 spiro atoms. The van der Waals surface area contributed by atoms with Gasteiger partial charge in [-0.25, -0.2) is 0 Å². The Balaban J connectivity index is 0.00000121. The van der Waals surface area contributed by atoms with Gasteiger partial charge in [0.2, 0.25) is 0 Å². The Morgan fingerprint density at radius 1 is 1.00 bits per heavy atom. The molecule has 1 rings (SSSR count). The molecule has 0 N–H and O–H groups in total. The van der Waals surface area contributed by atoms with Gasteiger partial charge < -0.3 is 21.5 Å². The van der Waals surface area contributed by atoms with Gasteiger partial charge in [-0.1, -0.05) is 13.2 Å². The van der Waals surface area contributed by atoms with Crippen LogP contribution in [0.1, 0.15) is 12.8 Å². The Hall–Kier alpha value is -0.0800. The van der Waals surface area contributed by atoms with Crippen LogP contribution >= 0.6 is 0 Å². The van der Waals surface area contributed by atoms with Crippen molar-refractivity contribution in [1.82, 2.24) is 0 Å². The summed E-state index contributed by atoms with van der Waals surface area (Å²) < 4.78 is 1.20. The molecule has 1 nitrogen and oxygen atoms in total. The lowest BCUT2D eigenvalue weighted by molar-refractivity contribution is -0.905. The molecule has 1 saturated heterocycles. The molecule has 0 radical (unpaired) electrons. The van der Waals surface area contributed by atoms with Crippen molar-refractivity contribution in [3.8, 4) is 0 Å². The van der Waals surface area contributed by atoms with Gasteiger partial charge in [0.05, 0.1) is 26.2 Å². The van der Waals surface area contributed by atoms with Crippen LogP contribution in [0.25, 0.3) is 0 Å². The van der Waals surface area contributed by atoms with Gasteiger partial charge in [0, 0.05) is 12.8 Å². The van der Waals surface area contributed by atoms with Crippen LogP contribution in [0, 0.1) is 0 Å². The first-order valence-electron chi connectivity index (χ1n) is 4.40. The molecule has 12 heavy (non-hydrogen) atoms. The van der Waals surface area contributed by atoms with Crippen LogP contribution in [0.15, 0.2) is 25.3 Å². The third-order valence-corrected chi connectivity index (χ3v) is 2.55. The second kappa shape index (κ2) is 5.55. The lowest BCUT2D eigenvalue weighted by atomic mass is 10.3. The normalized spacial score (nSPS) is 19.7. The van der Waals surface area contributed by atoms with Gasteiger partial charge in [-0.05, 0) is 12.2 Å². The molecule has 0 aromatic carbocycles. The van der Waals surface area contributed by atoms with E-state index in [1.165, 1.54) is 30.4 Å². The highest BCUT2D eigenvalue weighted by atomic mass is 79.9. The molecule has 2 heteroatoms. The maximum absolute atomic E-state index is 3.80. The Kier molecular flexibility index (Phi) is 5.51. The molecule has 0 bridgehead atoms. The molecular formula is C10H18BrN. The van der Waals surface area contributed by atoms with Crippen LogP contribution in [-0.4, -0.2) is 30.7 Å². The van der Waals surface area contributed by atoms with Gasteiger partial charge in [0.1, 0.15) is 0 Å². The van der Waals surface area contributed by atoms with Crippen LogP contribution in [0.2, 0.25) is 0 Å². The first kappa shape index (κ1) is 11.9. The molecule has 1 aliphatic rings. The lowest BCUT2D eigenvalue weighted by Crippen LogP contribution is -3.00. The second-order valence-corrected chi connectivity index (χ2v) is 3.44. The average molecular weight is 232 g/mol. The van der Waals surface area contributed by atoms with E-state index >= 15 is 0 Å². The van der Waals surface area contributed by atoms with Crippen LogP contribution in [0.5, 0.6) is 0 Å². The molecule has 0 amide bonds. The number of halogens is 1. The Labute approximate surface area is 86.1 Å². The van der Waals surface area contributed by atoms with E-state index in [-0.39, 0.29) is 17.0 Å². The summed E-state index contributed by atoms with van der Waals surface area (Å²) in [4.78, 5) is 0. The monoisotopic (exact) mass is 231 g/mol. The zero-order chi connectivity index (χ0) is 8.16. The molecular weight excluding hydrogens is 214 g/mol. The summed E-state index contributed by atoms with van der Waals surface area (Å²) in [7, 11) is 0. The first-order valence-corrected chi connectivity index (χ1v) is 4.40. The topological polar surface area (TPSA) is 0 Å². The first-order chi connectivity index (χ1) is 5.33. The maximum Gasteiger partial charge on any atom is 0.0973 e. The van der Waals surface area contributed by atoms with Gasteiger partial charge in [-0.15, -0.1) is 0 Å². The predicted octanol–water partition coefficient (Wildman–Crippen LogP) is -1.03. The summed E-state index contributed by atoms with van der Waals surface area (Å²) in [5.74, 6) is 0. The van der Waals surface area contributed by atoms with Crippen LogP contribution in [-0.2, 0) is 0 Å². The highest BCUT2D eigenvalue weighted by Gasteiger charge is 2.28. The minimum atomic E-state index is 0. The number of hydrogen-bond donors (Lipinski definition) is 0. The van der Waals surface area contributed by atoms with E-state index in [9.17, 15) is 0 Å². The molecule has 0 saturated carbocycles. The van der Waals surface area contributed by atoms with E-state index in [1.807, 2.05) is 12.2 Å². The Morgan fingerprint density at radius 2 is 1.42 bits per heavy atom. The average Bonchev–Trinajstić information content (AvgIpc) is 2.39. The molecule has 0 atom stereocenters. The molecule has 1 heterocycles. The van der Waals surface area contributed by atoms with Gasteiger partial charge in [0.25, 0.3) is 0 Å². The lowest BCUT2D eigenvalue weighted by Gasteiger charge is -2.31. The summed E-state index contributed by atoms with van der Waals surface area (Å²) in [5.41, 5.74) is 0. The maximum atomic E-state index is 3.80. The molecule has 0 unspecified atom stereocenters. The van der Waals surface area contributed by atoms with Gasteiger partial charge in [-0.2, -0.15) is 0 Å².